The molecule has 1 unspecified atom stereocenters. The van der Waals surface area contributed by atoms with E-state index in [2.05, 4.69) is 15.3 Å². The lowest BCUT2D eigenvalue weighted by Crippen LogP contribution is -2.24. The molecule has 2 aromatic rings. The topological polar surface area (TPSA) is 84.1 Å². The van der Waals surface area contributed by atoms with Crippen molar-refractivity contribution in [1.82, 2.24) is 9.97 Å². The highest BCUT2D eigenvalue weighted by molar-refractivity contribution is 8.00. The van der Waals surface area contributed by atoms with E-state index in [1.165, 1.54) is 6.07 Å². The number of H-pyrrole nitrogens is 1. The molecule has 0 fully saturated rings. The van der Waals surface area contributed by atoms with Crippen molar-refractivity contribution in [3.05, 3.63) is 51.9 Å². The summed E-state index contributed by atoms with van der Waals surface area (Å²) in [5.74, 6) is -2.10. The molecular formula is C17H19F2N3O3S. The number of ether oxygens (including phenoxy) is 1. The Labute approximate surface area is 153 Å². The van der Waals surface area contributed by atoms with Crippen molar-refractivity contribution in [3.63, 3.8) is 0 Å². The molecule has 1 amide bonds. The molecule has 1 aromatic carbocycles. The number of amides is 1. The van der Waals surface area contributed by atoms with Crippen LogP contribution in [0.15, 0.2) is 34.2 Å². The summed E-state index contributed by atoms with van der Waals surface area (Å²) in [5.41, 5.74) is -0.0337. The van der Waals surface area contributed by atoms with Gasteiger partial charge in [-0.15, -0.1) is 0 Å². The number of nitrogens with one attached hydrogen (secondary N) is 2. The zero-order chi connectivity index (χ0) is 19.3. The molecule has 0 saturated heterocycles. The average Bonchev–Trinajstić information content (AvgIpc) is 2.55. The number of halogens is 2. The van der Waals surface area contributed by atoms with Crippen LogP contribution in [0.25, 0.3) is 0 Å². The van der Waals surface area contributed by atoms with Crippen molar-refractivity contribution in [2.45, 2.75) is 43.9 Å². The second kappa shape index (κ2) is 8.91. The Morgan fingerprint density at radius 3 is 2.69 bits per heavy atom. The molecule has 2 rings (SSSR count). The van der Waals surface area contributed by atoms with Gasteiger partial charge >= 0.3 is 0 Å². The largest absolute Gasteiger partial charge is 0.373 e. The van der Waals surface area contributed by atoms with Gasteiger partial charge in [-0.1, -0.05) is 11.8 Å². The number of hydrogen-bond acceptors (Lipinski definition) is 5. The molecule has 1 atom stereocenters. The van der Waals surface area contributed by atoms with E-state index in [9.17, 15) is 18.4 Å². The zero-order valence-electron chi connectivity index (χ0n) is 14.5. The fourth-order valence-corrected chi connectivity index (χ4v) is 2.74. The smallest absolute Gasteiger partial charge is 0.251 e. The molecule has 0 radical (unpaired) electrons. The number of thioether (sulfide) groups is 1. The molecule has 0 bridgehead atoms. The van der Waals surface area contributed by atoms with Gasteiger partial charge in [0.25, 0.3) is 5.56 Å². The van der Waals surface area contributed by atoms with E-state index in [0.717, 1.165) is 23.9 Å². The summed E-state index contributed by atoms with van der Waals surface area (Å²) in [6, 6.07) is 4.20. The Morgan fingerprint density at radius 2 is 2.04 bits per heavy atom. The second-order valence-electron chi connectivity index (χ2n) is 5.78. The van der Waals surface area contributed by atoms with Gasteiger partial charge in [-0.05, 0) is 32.9 Å². The van der Waals surface area contributed by atoms with Crippen LogP contribution in [-0.4, -0.2) is 27.2 Å². The maximum absolute atomic E-state index is 13.6. The first-order valence-corrected chi connectivity index (χ1v) is 8.77. The normalized spacial score (nSPS) is 12.2. The number of carbonyl (C=O) groups is 1. The molecule has 1 aromatic heterocycles. The van der Waals surface area contributed by atoms with Crippen molar-refractivity contribution in [1.29, 1.82) is 0 Å². The molecule has 0 spiro atoms. The monoisotopic (exact) mass is 383 g/mol. The maximum Gasteiger partial charge on any atom is 0.251 e. The number of hydrogen-bond donors (Lipinski definition) is 2. The standard InChI is InChI=1S/C17H19F2N3O3S/c1-9(2)25-8-12-7-15(23)22-17(20-12)26-10(3)16(24)21-14-5-4-11(18)6-13(14)19/h4-7,9-10H,8H2,1-3H3,(H,21,24)(H,20,22,23). The Bertz CT molecular complexity index is 842. The van der Waals surface area contributed by atoms with Crippen LogP contribution < -0.4 is 10.9 Å². The number of benzene rings is 1. The van der Waals surface area contributed by atoms with Gasteiger partial charge in [-0.25, -0.2) is 13.8 Å². The number of nitrogens with zero attached hydrogens (tertiary/aromatic N) is 1. The van der Waals surface area contributed by atoms with E-state index in [1.54, 1.807) is 6.92 Å². The van der Waals surface area contributed by atoms with Crippen LogP contribution in [0.2, 0.25) is 0 Å². The molecule has 0 aliphatic heterocycles. The summed E-state index contributed by atoms with van der Waals surface area (Å²) in [4.78, 5) is 30.7. The summed E-state index contributed by atoms with van der Waals surface area (Å²) < 4.78 is 31.9. The van der Waals surface area contributed by atoms with Gasteiger partial charge in [-0.2, -0.15) is 0 Å². The van der Waals surface area contributed by atoms with E-state index in [0.29, 0.717) is 11.8 Å². The lowest BCUT2D eigenvalue weighted by molar-refractivity contribution is -0.115. The Kier molecular flexibility index (Phi) is 6.87. The van der Waals surface area contributed by atoms with E-state index in [4.69, 9.17) is 4.74 Å². The van der Waals surface area contributed by atoms with Crippen LogP contribution in [0, 0.1) is 11.6 Å². The van der Waals surface area contributed by atoms with Crippen molar-refractivity contribution >= 4 is 23.4 Å². The third kappa shape index (κ3) is 5.92. The number of aromatic nitrogens is 2. The molecule has 0 aliphatic carbocycles. The quantitative estimate of drug-likeness (QED) is 0.567. The molecule has 0 aliphatic rings. The van der Waals surface area contributed by atoms with Gasteiger partial charge in [0.2, 0.25) is 5.91 Å². The van der Waals surface area contributed by atoms with Gasteiger partial charge in [0, 0.05) is 12.1 Å². The Morgan fingerprint density at radius 1 is 1.31 bits per heavy atom. The summed E-state index contributed by atoms with van der Waals surface area (Å²) in [6.45, 7) is 5.49. The van der Waals surface area contributed by atoms with Gasteiger partial charge < -0.3 is 15.0 Å². The van der Waals surface area contributed by atoms with Crippen molar-refractivity contribution in [3.8, 4) is 0 Å². The lowest BCUT2D eigenvalue weighted by atomic mass is 10.3. The highest BCUT2D eigenvalue weighted by Gasteiger charge is 2.18. The van der Waals surface area contributed by atoms with Crippen molar-refractivity contribution < 1.29 is 18.3 Å². The van der Waals surface area contributed by atoms with Gasteiger partial charge in [-0.3, -0.25) is 9.59 Å². The summed E-state index contributed by atoms with van der Waals surface area (Å²) in [5, 5.41) is 1.96. The summed E-state index contributed by atoms with van der Waals surface area (Å²) in [7, 11) is 0. The van der Waals surface area contributed by atoms with E-state index in [-0.39, 0.29) is 29.1 Å². The zero-order valence-corrected chi connectivity index (χ0v) is 15.3. The minimum absolute atomic E-state index is 0.0116. The van der Waals surface area contributed by atoms with Crippen LogP contribution in [0.4, 0.5) is 14.5 Å². The minimum atomic E-state index is -0.866. The van der Waals surface area contributed by atoms with Crippen LogP contribution in [0.1, 0.15) is 26.5 Å². The minimum Gasteiger partial charge on any atom is -0.373 e. The van der Waals surface area contributed by atoms with Gasteiger partial charge in [0.15, 0.2) is 5.16 Å². The highest BCUT2D eigenvalue weighted by atomic mass is 32.2. The summed E-state index contributed by atoms with van der Waals surface area (Å²) >= 11 is 1.01. The number of aromatic amines is 1. The lowest BCUT2D eigenvalue weighted by Gasteiger charge is -2.13. The number of carbonyl (C=O) groups excluding carboxylic acids is 1. The van der Waals surface area contributed by atoms with Crippen molar-refractivity contribution in [2.24, 2.45) is 0 Å². The van der Waals surface area contributed by atoms with Crippen LogP contribution in [0.3, 0.4) is 0 Å². The third-order valence-electron chi connectivity index (χ3n) is 3.18. The first-order chi connectivity index (χ1) is 12.2. The molecule has 140 valence electrons. The first kappa shape index (κ1) is 20.1. The van der Waals surface area contributed by atoms with Crippen LogP contribution in [0.5, 0.6) is 0 Å². The second-order valence-corrected chi connectivity index (χ2v) is 7.10. The summed E-state index contributed by atoms with van der Waals surface area (Å²) in [6.07, 6.45) is -0.0116. The molecule has 26 heavy (non-hydrogen) atoms. The molecule has 2 N–H and O–H groups in total. The first-order valence-electron chi connectivity index (χ1n) is 7.89. The fourth-order valence-electron chi connectivity index (χ4n) is 1.91. The van der Waals surface area contributed by atoms with E-state index < -0.39 is 22.8 Å². The Balaban J connectivity index is 2.05. The Hall–Kier alpha value is -2.26. The van der Waals surface area contributed by atoms with Crippen molar-refractivity contribution in [2.75, 3.05) is 5.32 Å². The maximum atomic E-state index is 13.6. The van der Waals surface area contributed by atoms with Crippen LogP contribution >= 0.6 is 11.8 Å². The molecule has 9 heteroatoms. The third-order valence-corrected chi connectivity index (χ3v) is 4.17. The SMILES string of the molecule is CC(C)OCc1cc(=O)[nH]c(SC(C)C(=O)Nc2ccc(F)cc2F)n1. The van der Waals surface area contributed by atoms with Gasteiger partial charge in [0.1, 0.15) is 11.6 Å². The van der Waals surface area contributed by atoms with Crippen LogP contribution in [-0.2, 0) is 16.1 Å². The molecule has 0 saturated carbocycles. The molecule has 1 heterocycles. The van der Waals surface area contributed by atoms with E-state index >= 15 is 0 Å². The van der Waals surface area contributed by atoms with Gasteiger partial charge in [0.05, 0.1) is 29.3 Å². The average molecular weight is 383 g/mol. The predicted molar refractivity (Wildman–Crippen MR) is 95.1 cm³/mol. The fraction of sp³-hybridized carbons (Fsp3) is 0.353. The molecule has 6 nitrogen and oxygen atoms in total. The highest BCUT2D eigenvalue weighted by Crippen LogP contribution is 2.21. The number of rotatable bonds is 7. The van der Waals surface area contributed by atoms with E-state index in [1.807, 2.05) is 13.8 Å². The predicted octanol–water partition coefficient (Wildman–Crippen LogP) is 3.09. The molecular weight excluding hydrogens is 364 g/mol. The number of anilines is 1.